The molecule has 184 valence electrons. The van der Waals surface area contributed by atoms with Crippen molar-refractivity contribution in [3.8, 4) is 23.0 Å². The quantitative estimate of drug-likeness (QED) is 0.241. The van der Waals surface area contributed by atoms with Crippen molar-refractivity contribution in [1.82, 2.24) is 4.98 Å². The number of carbonyl (C=O) groups is 2. The van der Waals surface area contributed by atoms with Gasteiger partial charge in [-0.05, 0) is 73.5 Å². The van der Waals surface area contributed by atoms with E-state index in [1.807, 2.05) is 24.3 Å². The molecule has 2 aliphatic rings. The summed E-state index contributed by atoms with van der Waals surface area (Å²) in [6.07, 6.45) is 2.51. The number of nitrogens with zero attached hydrogens (tertiary/aromatic N) is 1. The molecular formula is C28H21FN4O4. The molecule has 1 fully saturated rings. The summed E-state index contributed by atoms with van der Waals surface area (Å²) in [6.45, 7) is 0. The SMILES string of the molecule is O=C(Nc1ccc(F)cc1)C1(C(=O)Nc2ccc(Oc3ccnc4c3Oc3ccccc3N4)cc2)CC1. The van der Waals surface area contributed by atoms with Gasteiger partial charge >= 0.3 is 0 Å². The van der Waals surface area contributed by atoms with Crippen LogP contribution in [-0.4, -0.2) is 16.8 Å². The molecule has 37 heavy (non-hydrogen) atoms. The predicted molar refractivity (Wildman–Crippen MR) is 136 cm³/mol. The number of hydrogen-bond acceptors (Lipinski definition) is 6. The molecule has 3 N–H and O–H groups in total. The second-order valence-corrected chi connectivity index (χ2v) is 8.83. The monoisotopic (exact) mass is 496 g/mol. The summed E-state index contributed by atoms with van der Waals surface area (Å²) in [6, 6.07) is 21.5. The van der Waals surface area contributed by atoms with Gasteiger partial charge in [-0.15, -0.1) is 0 Å². The van der Waals surface area contributed by atoms with Gasteiger partial charge in [-0.3, -0.25) is 9.59 Å². The Labute approximate surface area is 211 Å². The normalized spacial score (nSPS) is 14.2. The lowest BCUT2D eigenvalue weighted by atomic mass is 10.0. The second kappa shape index (κ2) is 8.94. The highest BCUT2D eigenvalue weighted by Gasteiger charge is 2.56. The van der Waals surface area contributed by atoms with E-state index in [4.69, 9.17) is 9.47 Å². The van der Waals surface area contributed by atoms with Crippen LogP contribution in [0.25, 0.3) is 0 Å². The van der Waals surface area contributed by atoms with Crippen molar-refractivity contribution in [2.45, 2.75) is 12.8 Å². The summed E-state index contributed by atoms with van der Waals surface area (Å²) in [5.41, 5.74) is 0.648. The standard InChI is InChI=1S/C28H21FN4O4/c29-17-5-7-18(8-6-17)31-26(34)28(14-15-28)27(35)32-19-9-11-20(12-10-19)36-23-13-16-30-25-24(23)37-22-4-2-1-3-21(22)33-25/h1-13,16H,14-15H2,(H,30,33)(H,31,34)(H,32,35). The number of benzene rings is 3. The maximum atomic E-state index is 13.1. The number of anilines is 4. The smallest absolute Gasteiger partial charge is 0.240 e. The van der Waals surface area contributed by atoms with Crippen molar-refractivity contribution in [3.05, 3.63) is 90.9 Å². The van der Waals surface area contributed by atoms with Crippen LogP contribution >= 0.6 is 0 Å². The van der Waals surface area contributed by atoms with Crippen molar-refractivity contribution in [3.63, 3.8) is 0 Å². The molecule has 1 saturated carbocycles. The fourth-order valence-corrected chi connectivity index (χ4v) is 4.05. The summed E-state index contributed by atoms with van der Waals surface area (Å²) in [5, 5.41) is 8.74. The molecular weight excluding hydrogens is 475 g/mol. The molecule has 9 heteroatoms. The van der Waals surface area contributed by atoms with Crippen LogP contribution in [0.15, 0.2) is 85.1 Å². The Morgan fingerprint density at radius 1 is 0.892 bits per heavy atom. The lowest BCUT2D eigenvalue weighted by Crippen LogP contribution is -2.35. The number of halogens is 1. The number of amides is 2. The largest absolute Gasteiger partial charge is 0.453 e. The molecule has 0 atom stereocenters. The van der Waals surface area contributed by atoms with Gasteiger partial charge in [0, 0.05) is 23.6 Å². The number of nitrogens with one attached hydrogen (secondary N) is 3. The third-order valence-corrected chi connectivity index (χ3v) is 6.28. The first-order valence-corrected chi connectivity index (χ1v) is 11.7. The number of para-hydroxylation sites is 2. The van der Waals surface area contributed by atoms with Gasteiger partial charge < -0.3 is 25.4 Å². The zero-order valence-corrected chi connectivity index (χ0v) is 19.5. The minimum Gasteiger partial charge on any atom is -0.453 e. The van der Waals surface area contributed by atoms with Crippen LogP contribution < -0.4 is 25.4 Å². The number of fused-ring (bicyclic) bond motifs is 2. The van der Waals surface area contributed by atoms with Crippen molar-refractivity contribution >= 4 is 34.7 Å². The molecule has 4 aromatic rings. The molecule has 2 amide bonds. The van der Waals surface area contributed by atoms with E-state index in [-0.39, 0.29) is 5.91 Å². The maximum Gasteiger partial charge on any atom is 0.240 e. The van der Waals surface area contributed by atoms with E-state index in [1.165, 1.54) is 24.3 Å². The topological polar surface area (TPSA) is 102 Å². The minimum atomic E-state index is -1.14. The van der Waals surface area contributed by atoms with E-state index in [9.17, 15) is 14.0 Å². The maximum absolute atomic E-state index is 13.1. The number of aromatic nitrogens is 1. The molecule has 0 spiro atoms. The van der Waals surface area contributed by atoms with Crippen molar-refractivity contribution in [2.24, 2.45) is 5.41 Å². The number of carbonyl (C=O) groups excluding carboxylic acids is 2. The van der Waals surface area contributed by atoms with Gasteiger partial charge in [-0.1, -0.05) is 12.1 Å². The molecule has 3 aromatic carbocycles. The Morgan fingerprint density at radius 3 is 2.22 bits per heavy atom. The van der Waals surface area contributed by atoms with E-state index in [2.05, 4.69) is 20.9 Å². The van der Waals surface area contributed by atoms with Crippen LogP contribution in [0, 0.1) is 11.2 Å². The molecule has 1 aliphatic carbocycles. The van der Waals surface area contributed by atoms with Gasteiger partial charge in [-0.25, -0.2) is 9.37 Å². The highest BCUT2D eigenvalue weighted by molar-refractivity contribution is 6.16. The first kappa shape index (κ1) is 22.5. The van der Waals surface area contributed by atoms with Crippen LogP contribution in [0.5, 0.6) is 23.0 Å². The summed E-state index contributed by atoms with van der Waals surface area (Å²) in [7, 11) is 0. The lowest BCUT2D eigenvalue weighted by molar-refractivity contribution is -0.131. The molecule has 0 saturated heterocycles. The molecule has 1 aliphatic heterocycles. The van der Waals surface area contributed by atoms with E-state index in [0.29, 0.717) is 53.0 Å². The molecule has 6 rings (SSSR count). The Balaban J connectivity index is 1.12. The van der Waals surface area contributed by atoms with Crippen molar-refractivity contribution in [1.29, 1.82) is 0 Å². The average Bonchev–Trinajstić information content (AvgIpc) is 3.73. The second-order valence-electron chi connectivity index (χ2n) is 8.83. The fraction of sp³-hybridized carbons (Fsp3) is 0.107. The number of hydrogen-bond donors (Lipinski definition) is 3. The zero-order chi connectivity index (χ0) is 25.4. The van der Waals surface area contributed by atoms with Gasteiger partial charge in [0.05, 0.1) is 5.69 Å². The summed E-state index contributed by atoms with van der Waals surface area (Å²) in [5.74, 6) is 1.51. The van der Waals surface area contributed by atoms with Gasteiger partial charge in [0.2, 0.25) is 17.6 Å². The molecule has 8 nitrogen and oxygen atoms in total. The van der Waals surface area contributed by atoms with E-state index in [1.54, 1.807) is 36.5 Å². The highest BCUT2D eigenvalue weighted by atomic mass is 19.1. The van der Waals surface area contributed by atoms with Gasteiger partial charge in [0.25, 0.3) is 0 Å². The van der Waals surface area contributed by atoms with Gasteiger partial charge in [0.1, 0.15) is 17.0 Å². The molecule has 2 heterocycles. The first-order chi connectivity index (χ1) is 18.0. The number of pyridine rings is 1. The van der Waals surface area contributed by atoms with Crippen LogP contribution in [0.2, 0.25) is 0 Å². The van der Waals surface area contributed by atoms with Crippen molar-refractivity contribution in [2.75, 3.05) is 16.0 Å². The fourth-order valence-electron chi connectivity index (χ4n) is 4.05. The van der Waals surface area contributed by atoms with Crippen LogP contribution in [0.4, 0.5) is 27.3 Å². The minimum absolute atomic E-state index is 0.387. The van der Waals surface area contributed by atoms with Crippen molar-refractivity contribution < 1.29 is 23.5 Å². The molecule has 0 unspecified atom stereocenters. The van der Waals surface area contributed by atoms with E-state index in [0.717, 1.165) is 5.69 Å². The molecule has 0 radical (unpaired) electrons. The molecule has 1 aromatic heterocycles. The van der Waals surface area contributed by atoms with Crippen LogP contribution in [0.3, 0.4) is 0 Å². The zero-order valence-electron chi connectivity index (χ0n) is 19.5. The number of ether oxygens (including phenoxy) is 2. The Bertz CT molecular complexity index is 1500. The summed E-state index contributed by atoms with van der Waals surface area (Å²) in [4.78, 5) is 30.0. The Kier molecular flexibility index (Phi) is 5.45. The first-order valence-electron chi connectivity index (χ1n) is 11.7. The number of rotatable bonds is 6. The van der Waals surface area contributed by atoms with Gasteiger partial charge in [0.15, 0.2) is 17.3 Å². The Morgan fingerprint density at radius 2 is 1.54 bits per heavy atom. The molecule has 0 bridgehead atoms. The van der Waals surface area contributed by atoms with E-state index >= 15 is 0 Å². The summed E-state index contributed by atoms with van der Waals surface area (Å²) >= 11 is 0. The third-order valence-electron chi connectivity index (χ3n) is 6.28. The van der Waals surface area contributed by atoms with E-state index < -0.39 is 17.1 Å². The summed E-state index contributed by atoms with van der Waals surface area (Å²) < 4.78 is 25.2. The van der Waals surface area contributed by atoms with Crippen LogP contribution in [0.1, 0.15) is 12.8 Å². The predicted octanol–water partition coefficient (Wildman–Crippen LogP) is 6.22. The lowest BCUT2D eigenvalue weighted by Gasteiger charge is -2.22. The highest BCUT2D eigenvalue weighted by Crippen LogP contribution is 2.48. The Hall–Kier alpha value is -4.92. The third kappa shape index (κ3) is 4.42. The van der Waals surface area contributed by atoms with Gasteiger partial charge in [-0.2, -0.15) is 0 Å². The average molecular weight is 496 g/mol. The van der Waals surface area contributed by atoms with Crippen LogP contribution in [-0.2, 0) is 9.59 Å².